The van der Waals surface area contributed by atoms with Gasteiger partial charge in [0.2, 0.25) is 0 Å². The first kappa shape index (κ1) is 23.6. The van der Waals surface area contributed by atoms with Gasteiger partial charge in [-0.1, -0.05) is 29.8 Å². The van der Waals surface area contributed by atoms with Gasteiger partial charge in [0.05, 0.1) is 11.7 Å². The highest BCUT2D eigenvalue weighted by atomic mass is 35.5. The molecule has 2 heterocycles. The average molecular weight is 498 g/mol. The first-order valence-electron chi connectivity index (χ1n) is 11.6. The Morgan fingerprint density at radius 1 is 1.09 bits per heavy atom. The molecule has 2 aliphatic rings. The fourth-order valence-electron chi connectivity index (χ4n) is 4.70. The highest BCUT2D eigenvalue weighted by Gasteiger charge is 2.30. The molecule has 1 N–H and O–H groups in total. The van der Waals surface area contributed by atoms with E-state index in [2.05, 4.69) is 4.90 Å². The second-order valence-electron chi connectivity index (χ2n) is 9.04. The van der Waals surface area contributed by atoms with Crippen molar-refractivity contribution >= 4 is 22.7 Å². The van der Waals surface area contributed by atoms with E-state index in [9.17, 15) is 13.9 Å². The lowest BCUT2D eigenvalue weighted by atomic mass is 9.86. The summed E-state index contributed by atoms with van der Waals surface area (Å²) in [6, 6.07) is 17.4. The summed E-state index contributed by atoms with van der Waals surface area (Å²) >= 11 is 5.93. The Hall–Kier alpha value is -3.09. The molecule has 7 heteroatoms. The molecule has 1 saturated heterocycles. The zero-order valence-corrected chi connectivity index (χ0v) is 20.1. The molecule has 1 fully saturated rings. The van der Waals surface area contributed by atoms with Gasteiger partial charge in [0, 0.05) is 42.8 Å². The van der Waals surface area contributed by atoms with Crippen LogP contribution in [-0.4, -0.2) is 42.9 Å². The Balaban J connectivity index is 1.40. The maximum Gasteiger partial charge on any atom is 0.150 e. The first-order valence-corrected chi connectivity index (χ1v) is 12.0. The van der Waals surface area contributed by atoms with Crippen LogP contribution in [0.3, 0.4) is 0 Å². The molecule has 182 valence electrons. The third-order valence-corrected chi connectivity index (χ3v) is 6.93. The number of phenolic OH excluding ortho intramolecular Hbond substituents is 1. The van der Waals surface area contributed by atoms with Gasteiger partial charge < -0.3 is 14.6 Å². The largest absolute Gasteiger partial charge is 0.508 e. The molecule has 0 radical (unpaired) electrons. The van der Waals surface area contributed by atoms with E-state index in [0.717, 1.165) is 47.7 Å². The summed E-state index contributed by atoms with van der Waals surface area (Å²) in [6.45, 7) is 4.57. The standard InChI is InChI=1S/C28H26ClF2NO3/c1-17-23-8-5-21(33)13-26(23)35-28(27(17)20-4-9-24(29)25(31)12-20)19-2-6-22(7-3-19)34-11-10-32-15-18(14-30)16-32/h2-9,12-13,18,28,33H,10-11,14-16H2,1H3/t28-/m1/s1. The van der Waals surface area contributed by atoms with Gasteiger partial charge in [-0.05, 0) is 60.0 Å². The summed E-state index contributed by atoms with van der Waals surface area (Å²) in [5, 5.41) is 10.1. The first-order chi connectivity index (χ1) is 16.9. The number of ether oxygens (including phenoxy) is 2. The van der Waals surface area contributed by atoms with Crippen molar-refractivity contribution in [2.24, 2.45) is 5.92 Å². The van der Waals surface area contributed by atoms with Gasteiger partial charge in [-0.2, -0.15) is 0 Å². The van der Waals surface area contributed by atoms with Gasteiger partial charge in [0.1, 0.15) is 35.8 Å². The molecule has 0 amide bonds. The second-order valence-corrected chi connectivity index (χ2v) is 9.45. The fraction of sp³-hybridized carbons (Fsp3) is 0.286. The molecule has 0 saturated carbocycles. The lowest BCUT2D eigenvalue weighted by molar-refractivity contribution is 0.0668. The molecular weight excluding hydrogens is 472 g/mol. The Kier molecular flexibility index (Phi) is 6.67. The molecule has 2 aliphatic heterocycles. The molecule has 3 aromatic carbocycles. The van der Waals surface area contributed by atoms with Crippen LogP contribution < -0.4 is 9.47 Å². The summed E-state index contributed by atoms with van der Waals surface area (Å²) in [6.07, 6.45) is -0.516. The minimum atomic E-state index is -0.516. The molecule has 4 nitrogen and oxygen atoms in total. The molecule has 0 aliphatic carbocycles. The minimum Gasteiger partial charge on any atom is -0.508 e. The van der Waals surface area contributed by atoms with E-state index in [1.54, 1.807) is 30.3 Å². The lowest BCUT2D eigenvalue weighted by Crippen LogP contribution is -2.49. The topological polar surface area (TPSA) is 41.9 Å². The van der Waals surface area contributed by atoms with Gasteiger partial charge >= 0.3 is 0 Å². The smallest absolute Gasteiger partial charge is 0.150 e. The molecule has 35 heavy (non-hydrogen) atoms. The van der Waals surface area contributed by atoms with E-state index in [1.165, 1.54) is 6.07 Å². The quantitative estimate of drug-likeness (QED) is 0.403. The van der Waals surface area contributed by atoms with E-state index in [0.29, 0.717) is 17.9 Å². The normalized spacial score (nSPS) is 18.1. The molecule has 0 unspecified atom stereocenters. The van der Waals surface area contributed by atoms with Gasteiger partial charge in [0.15, 0.2) is 0 Å². The van der Waals surface area contributed by atoms with Gasteiger partial charge in [-0.15, -0.1) is 0 Å². The molecule has 3 aromatic rings. The van der Waals surface area contributed by atoms with Crippen LogP contribution in [0, 0.1) is 11.7 Å². The second kappa shape index (κ2) is 9.88. The molecule has 5 rings (SSSR count). The number of alkyl halides is 1. The van der Waals surface area contributed by atoms with Crippen molar-refractivity contribution in [2.45, 2.75) is 13.0 Å². The van der Waals surface area contributed by atoms with Gasteiger partial charge in [-0.3, -0.25) is 9.29 Å². The van der Waals surface area contributed by atoms with Crippen molar-refractivity contribution in [3.05, 3.63) is 88.2 Å². The van der Waals surface area contributed by atoms with Crippen molar-refractivity contribution in [1.82, 2.24) is 4.90 Å². The molecule has 0 bridgehead atoms. The summed E-state index contributed by atoms with van der Waals surface area (Å²) in [5.74, 6) is 1.07. The summed E-state index contributed by atoms with van der Waals surface area (Å²) in [4.78, 5) is 2.17. The lowest BCUT2D eigenvalue weighted by Gasteiger charge is -2.37. The van der Waals surface area contributed by atoms with Crippen LogP contribution in [0.5, 0.6) is 17.2 Å². The van der Waals surface area contributed by atoms with Crippen LogP contribution in [0.25, 0.3) is 11.1 Å². The number of fused-ring (bicyclic) bond motifs is 1. The van der Waals surface area contributed by atoms with Crippen molar-refractivity contribution in [2.75, 3.05) is 32.9 Å². The van der Waals surface area contributed by atoms with Gasteiger partial charge in [-0.25, -0.2) is 4.39 Å². The SMILES string of the molecule is CC1=C(c2ccc(Cl)c(F)c2)[C@@H](c2ccc(OCCN3CC(CF)C3)cc2)Oc2cc(O)ccc21. The third kappa shape index (κ3) is 4.86. The molecule has 1 atom stereocenters. The maximum atomic E-state index is 14.4. The van der Waals surface area contributed by atoms with E-state index < -0.39 is 11.9 Å². The van der Waals surface area contributed by atoms with Crippen molar-refractivity contribution in [3.8, 4) is 17.2 Å². The van der Waals surface area contributed by atoms with Crippen molar-refractivity contribution in [3.63, 3.8) is 0 Å². The molecule has 0 spiro atoms. The number of aromatic hydroxyl groups is 1. The fourth-order valence-corrected chi connectivity index (χ4v) is 4.82. The zero-order chi connectivity index (χ0) is 24.5. The Morgan fingerprint density at radius 3 is 2.57 bits per heavy atom. The molecular formula is C28H26ClF2NO3. The Labute approximate surface area is 208 Å². The number of allylic oxidation sites excluding steroid dienone is 1. The van der Waals surface area contributed by atoms with E-state index in [4.69, 9.17) is 21.1 Å². The van der Waals surface area contributed by atoms with Crippen LogP contribution in [0.15, 0.2) is 60.7 Å². The average Bonchev–Trinajstić information content (AvgIpc) is 2.82. The Morgan fingerprint density at radius 2 is 1.86 bits per heavy atom. The van der Waals surface area contributed by atoms with Crippen LogP contribution in [-0.2, 0) is 0 Å². The van der Waals surface area contributed by atoms with Crippen LogP contribution in [0.2, 0.25) is 5.02 Å². The number of hydrogen-bond acceptors (Lipinski definition) is 4. The number of likely N-dealkylation sites (tertiary alicyclic amines) is 1. The highest BCUT2D eigenvalue weighted by molar-refractivity contribution is 6.30. The number of hydrogen-bond donors (Lipinski definition) is 1. The van der Waals surface area contributed by atoms with E-state index in [-0.39, 0.29) is 23.4 Å². The third-order valence-electron chi connectivity index (χ3n) is 6.62. The monoisotopic (exact) mass is 497 g/mol. The predicted octanol–water partition coefficient (Wildman–Crippen LogP) is 6.53. The number of nitrogens with zero attached hydrogens (tertiary/aromatic N) is 1. The maximum absolute atomic E-state index is 14.4. The number of rotatable bonds is 7. The summed E-state index contributed by atoms with van der Waals surface area (Å²) < 4.78 is 39.2. The van der Waals surface area contributed by atoms with Crippen LogP contribution in [0.1, 0.15) is 29.7 Å². The summed E-state index contributed by atoms with van der Waals surface area (Å²) in [5.41, 5.74) is 4.14. The highest BCUT2D eigenvalue weighted by Crippen LogP contribution is 2.47. The van der Waals surface area contributed by atoms with E-state index in [1.807, 2.05) is 31.2 Å². The predicted molar refractivity (Wildman–Crippen MR) is 133 cm³/mol. The zero-order valence-electron chi connectivity index (χ0n) is 19.3. The Bertz CT molecular complexity index is 1260. The summed E-state index contributed by atoms with van der Waals surface area (Å²) in [7, 11) is 0. The van der Waals surface area contributed by atoms with Crippen molar-refractivity contribution < 1.29 is 23.4 Å². The van der Waals surface area contributed by atoms with Crippen LogP contribution >= 0.6 is 11.6 Å². The number of halogens is 3. The van der Waals surface area contributed by atoms with Crippen LogP contribution in [0.4, 0.5) is 8.78 Å². The molecule has 0 aromatic heterocycles. The minimum absolute atomic E-state index is 0.0607. The van der Waals surface area contributed by atoms with Gasteiger partial charge in [0.25, 0.3) is 0 Å². The van der Waals surface area contributed by atoms with E-state index >= 15 is 0 Å². The van der Waals surface area contributed by atoms with Crippen molar-refractivity contribution in [1.29, 1.82) is 0 Å². The number of benzene rings is 3. The number of phenols is 1.